The van der Waals surface area contributed by atoms with Gasteiger partial charge in [0.25, 0.3) is 5.91 Å². The van der Waals surface area contributed by atoms with Gasteiger partial charge in [0.1, 0.15) is 0 Å². The zero-order valence-electron chi connectivity index (χ0n) is 11.7. The van der Waals surface area contributed by atoms with E-state index in [1.165, 1.54) is 0 Å². The summed E-state index contributed by atoms with van der Waals surface area (Å²) in [6, 6.07) is 5.10. The van der Waals surface area contributed by atoms with E-state index < -0.39 is 5.97 Å². The van der Waals surface area contributed by atoms with Gasteiger partial charge < -0.3 is 10.4 Å². The van der Waals surface area contributed by atoms with E-state index in [1.54, 1.807) is 30.6 Å². The summed E-state index contributed by atoms with van der Waals surface area (Å²) < 4.78 is 0. The van der Waals surface area contributed by atoms with Gasteiger partial charge in [-0.1, -0.05) is 13.3 Å². The summed E-state index contributed by atoms with van der Waals surface area (Å²) in [6.45, 7) is 2.26. The molecule has 2 rings (SSSR count). The molecule has 0 aliphatic carbocycles. The lowest BCUT2D eigenvalue weighted by molar-refractivity contribution is -0.138. The van der Waals surface area contributed by atoms with Crippen molar-refractivity contribution >= 4 is 22.9 Å². The first-order valence-electron chi connectivity index (χ1n) is 6.81. The molecule has 2 N–H and O–H groups in total. The summed E-state index contributed by atoms with van der Waals surface area (Å²) in [6.07, 6.45) is 3.93. The smallest absolute Gasteiger partial charge is 0.303 e. The molecule has 6 heteroatoms. The molecule has 0 saturated heterocycles. The standard InChI is InChI=1S/C15H17N3O3/c1-2-10(7-14(19)20)9-18-15(21)11-3-4-12-13(8-11)17-6-5-16-12/h3-6,8,10H,2,7,9H2,1H3,(H,18,21)(H,19,20). The number of carbonyl (C=O) groups excluding carboxylic acids is 1. The Labute approximate surface area is 122 Å². The molecule has 1 heterocycles. The van der Waals surface area contributed by atoms with Gasteiger partial charge in [0.05, 0.1) is 11.0 Å². The van der Waals surface area contributed by atoms with Crippen LogP contribution in [0.15, 0.2) is 30.6 Å². The van der Waals surface area contributed by atoms with E-state index in [9.17, 15) is 9.59 Å². The van der Waals surface area contributed by atoms with E-state index in [4.69, 9.17) is 5.11 Å². The number of aliphatic carboxylic acids is 1. The zero-order chi connectivity index (χ0) is 15.2. The van der Waals surface area contributed by atoms with Gasteiger partial charge in [-0.25, -0.2) is 0 Å². The van der Waals surface area contributed by atoms with Gasteiger partial charge in [-0.2, -0.15) is 0 Å². The summed E-state index contributed by atoms with van der Waals surface area (Å²) in [4.78, 5) is 31.1. The second-order valence-electron chi connectivity index (χ2n) is 4.84. The van der Waals surface area contributed by atoms with Gasteiger partial charge in [0.2, 0.25) is 0 Å². The van der Waals surface area contributed by atoms with Gasteiger partial charge >= 0.3 is 5.97 Å². The highest BCUT2D eigenvalue weighted by Gasteiger charge is 2.13. The quantitative estimate of drug-likeness (QED) is 0.846. The third-order valence-corrected chi connectivity index (χ3v) is 3.32. The molecule has 1 atom stereocenters. The molecule has 1 aromatic carbocycles. The summed E-state index contributed by atoms with van der Waals surface area (Å²) in [5, 5.41) is 11.6. The molecule has 0 saturated carbocycles. The molecule has 110 valence electrons. The predicted octanol–water partition coefficient (Wildman–Crippen LogP) is 1.86. The minimum atomic E-state index is -0.850. The minimum Gasteiger partial charge on any atom is -0.481 e. The summed E-state index contributed by atoms with van der Waals surface area (Å²) >= 11 is 0. The fraction of sp³-hybridized carbons (Fsp3) is 0.333. The van der Waals surface area contributed by atoms with Crippen molar-refractivity contribution in [1.82, 2.24) is 15.3 Å². The number of amides is 1. The Morgan fingerprint density at radius 1 is 1.24 bits per heavy atom. The maximum absolute atomic E-state index is 12.1. The zero-order valence-corrected chi connectivity index (χ0v) is 11.7. The van der Waals surface area contributed by atoms with Crippen molar-refractivity contribution in [2.75, 3.05) is 6.54 Å². The molecule has 0 radical (unpaired) electrons. The van der Waals surface area contributed by atoms with E-state index in [-0.39, 0.29) is 18.2 Å². The average molecular weight is 287 g/mol. The number of carboxylic acid groups (broad SMARTS) is 1. The molecule has 0 aliphatic rings. The fourth-order valence-electron chi connectivity index (χ4n) is 2.05. The van der Waals surface area contributed by atoms with Crippen LogP contribution in [0, 0.1) is 5.92 Å². The molecule has 0 bridgehead atoms. The number of nitrogens with zero attached hydrogens (tertiary/aromatic N) is 2. The van der Waals surface area contributed by atoms with E-state index in [0.29, 0.717) is 24.0 Å². The first kappa shape index (κ1) is 14.9. The summed E-state index contributed by atoms with van der Waals surface area (Å²) in [7, 11) is 0. The van der Waals surface area contributed by atoms with Crippen molar-refractivity contribution in [2.45, 2.75) is 19.8 Å². The number of aromatic nitrogens is 2. The number of fused-ring (bicyclic) bond motifs is 1. The van der Waals surface area contributed by atoms with Gasteiger partial charge in [-0.15, -0.1) is 0 Å². The normalized spacial score (nSPS) is 12.0. The van der Waals surface area contributed by atoms with Crippen LogP contribution in [0.2, 0.25) is 0 Å². The van der Waals surface area contributed by atoms with Crippen molar-refractivity contribution in [3.63, 3.8) is 0 Å². The van der Waals surface area contributed by atoms with Crippen LogP contribution in [0.3, 0.4) is 0 Å². The Kier molecular flexibility index (Phi) is 4.81. The highest BCUT2D eigenvalue weighted by molar-refractivity contribution is 5.97. The van der Waals surface area contributed by atoms with Crippen LogP contribution in [0.25, 0.3) is 11.0 Å². The van der Waals surface area contributed by atoms with Crippen molar-refractivity contribution in [2.24, 2.45) is 5.92 Å². The van der Waals surface area contributed by atoms with Crippen molar-refractivity contribution in [1.29, 1.82) is 0 Å². The Hall–Kier alpha value is -2.50. The number of nitrogens with one attached hydrogen (secondary N) is 1. The molecule has 6 nitrogen and oxygen atoms in total. The highest BCUT2D eigenvalue weighted by Crippen LogP contribution is 2.11. The number of rotatable bonds is 6. The van der Waals surface area contributed by atoms with E-state index >= 15 is 0 Å². The molecule has 0 aliphatic heterocycles. The first-order valence-corrected chi connectivity index (χ1v) is 6.81. The van der Waals surface area contributed by atoms with Gasteiger partial charge in [0, 0.05) is 30.9 Å². The number of hydrogen-bond acceptors (Lipinski definition) is 4. The van der Waals surface area contributed by atoms with Crippen molar-refractivity contribution < 1.29 is 14.7 Å². The van der Waals surface area contributed by atoms with E-state index in [1.807, 2.05) is 6.92 Å². The van der Waals surface area contributed by atoms with Gasteiger partial charge in [-0.3, -0.25) is 19.6 Å². The minimum absolute atomic E-state index is 0.0555. The van der Waals surface area contributed by atoms with Gasteiger partial charge in [0.15, 0.2) is 0 Å². The number of carboxylic acids is 1. The second kappa shape index (κ2) is 6.78. The summed E-state index contributed by atoms with van der Waals surface area (Å²) in [5.74, 6) is -1.14. The maximum atomic E-state index is 12.1. The summed E-state index contributed by atoms with van der Waals surface area (Å²) in [5.41, 5.74) is 1.88. The van der Waals surface area contributed by atoms with Crippen LogP contribution < -0.4 is 5.32 Å². The largest absolute Gasteiger partial charge is 0.481 e. The lowest BCUT2D eigenvalue weighted by atomic mass is 10.0. The maximum Gasteiger partial charge on any atom is 0.303 e. The molecule has 2 aromatic rings. The monoisotopic (exact) mass is 287 g/mol. The molecule has 1 amide bonds. The van der Waals surface area contributed by atoms with E-state index in [2.05, 4.69) is 15.3 Å². The van der Waals surface area contributed by atoms with Crippen LogP contribution in [0.4, 0.5) is 0 Å². The average Bonchev–Trinajstić information content (AvgIpc) is 2.50. The van der Waals surface area contributed by atoms with Gasteiger partial charge in [-0.05, 0) is 24.1 Å². The molecule has 21 heavy (non-hydrogen) atoms. The molecule has 1 aromatic heterocycles. The van der Waals surface area contributed by atoms with Crippen LogP contribution in [-0.4, -0.2) is 33.5 Å². The van der Waals surface area contributed by atoms with Crippen molar-refractivity contribution in [3.05, 3.63) is 36.2 Å². The topological polar surface area (TPSA) is 92.2 Å². The fourth-order valence-corrected chi connectivity index (χ4v) is 2.05. The molecular weight excluding hydrogens is 270 g/mol. The van der Waals surface area contributed by atoms with Crippen LogP contribution in [0.5, 0.6) is 0 Å². The Morgan fingerprint density at radius 2 is 1.95 bits per heavy atom. The molecule has 0 fully saturated rings. The Morgan fingerprint density at radius 3 is 2.62 bits per heavy atom. The predicted molar refractivity (Wildman–Crippen MR) is 77.9 cm³/mol. The Bertz CT molecular complexity index is 657. The van der Waals surface area contributed by atoms with Crippen LogP contribution >= 0.6 is 0 Å². The second-order valence-corrected chi connectivity index (χ2v) is 4.84. The molecule has 1 unspecified atom stereocenters. The third kappa shape index (κ3) is 3.98. The molecule has 0 spiro atoms. The van der Waals surface area contributed by atoms with Crippen molar-refractivity contribution in [3.8, 4) is 0 Å². The lowest BCUT2D eigenvalue weighted by Gasteiger charge is -2.13. The SMILES string of the molecule is CCC(CNC(=O)c1ccc2nccnc2c1)CC(=O)O. The first-order chi connectivity index (χ1) is 10.1. The number of benzene rings is 1. The van der Waals surface area contributed by atoms with Crippen LogP contribution in [-0.2, 0) is 4.79 Å². The highest BCUT2D eigenvalue weighted by atomic mass is 16.4. The number of carbonyl (C=O) groups is 2. The third-order valence-electron chi connectivity index (χ3n) is 3.32. The van der Waals surface area contributed by atoms with Crippen LogP contribution in [0.1, 0.15) is 30.1 Å². The number of hydrogen-bond donors (Lipinski definition) is 2. The Balaban J connectivity index is 2.03. The lowest BCUT2D eigenvalue weighted by Crippen LogP contribution is -2.30. The molecular formula is C15H17N3O3. The van der Waals surface area contributed by atoms with E-state index in [0.717, 1.165) is 5.52 Å².